The Morgan fingerprint density at radius 1 is 0.561 bits per heavy atom. The minimum Gasteiger partial charge on any atom is -0.466 e. The number of rotatable bonds is 42. The van der Waals surface area contributed by atoms with Gasteiger partial charge in [0.25, 0.3) is 0 Å². The SMILES string of the molecule is CCCCC(CCCC)CC(=O)OCCCCCCCCCCC1(CCCCCCCCCCOC(=O)CC(CCCC)CCCC)OCC(CCN(C)CC)O1. The van der Waals surface area contributed by atoms with E-state index in [1.54, 1.807) is 0 Å². The van der Waals surface area contributed by atoms with Crippen molar-refractivity contribution in [2.75, 3.05) is 40.0 Å². The van der Waals surface area contributed by atoms with Crippen LogP contribution in [-0.4, -0.2) is 68.7 Å². The number of carbonyl (C=O) groups is 2. The Kier molecular flexibility index (Phi) is 35.7. The Hall–Kier alpha value is -1.18. The van der Waals surface area contributed by atoms with Crippen LogP contribution in [0.3, 0.4) is 0 Å². The van der Waals surface area contributed by atoms with Crippen molar-refractivity contribution in [1.82, 2.24) is 4.90 Å². The molecule has 7 nitrogen and oxygen atoms in total. The molecule has 57 heavy (non-hydrogen) atoms. The lowest BCUT2D eigenvalue weighted by molar-refractivity contribution is -0.180. The highest BCUT2D eigenvalue weighted by atomic mass is 16.7. The molecule has 1 aliphatic rings. The van der Waals surface area contributed by atoms with Gasteiger partial charge in [-0.05, 0) is 83.2 Å². The van der Waals surface area contributed by atoms with Gasteiger partial charge in [-0.1, -0.05) is 163 Å². The fourth-order valence-corrected chi connectivity index (χ4v) is 8.41. The van der Waals surface area contributed by atoms with Crippen LogP contribution in [0.4, 0.5) is 0 Å². The summed E-state index contributed by atoms with van der Waals surface area (Å²) in [4.78, 5) is 27.1. The molecular weight excluding hydrogens is 711 g/mol. The summed E-state index contributed by atoms with van der Waals surface area (Å²) < 4.78 is 24.5. The molecule has 0 spiro atoms. The van der Waals surface area contributed by atoms with E-state index >= 15 is 0 Å². The molecule has 1 aliphatic heterocycles. The summed E-state index contributed by atoms with van der Waals surface area (Å²) in [5.41, 5.74) is 0. The topological polar surface area (TPSA) is 74.3 Å². The maximum absolute atomic E-state index is 12.4. The third-order valence-electron chi connectivity index (χ3n) is 12.5. The van der Waals surface area contributed by atoms with E-state index in [1.807, 2.05) is 0 Å². The van der Waals surface area contributed by atoms with E-state index in [2.05, 4.69) is 46.6 Å². The Morgan fingerprint density at radius 3 is 1.30 bits per heavy atom. The molecule has 0 aromatic carbocycles. The van der Waals surface area contributed by atoms with Crippen molar-refractivity contribution in [3.8, 4) is 0 Å². The molecule has 0 saturated carbocycles. The van der Waals surface area contributed by atoms with E-state index in [4.69, 9.17) is 18.9 Å². The largest absolute Gasteiger partial charge is 0.466 e. The van der Waals surface area contributed by atoms with Crippen LogP contribution in [0.1, 0.15) is 247 Å². The van der Waals surface area contributed by atoms with E-state index < -0.39 is 0 Å². The molecule has 0 radical (unpaired) electrons. The van der Waals surface area contributed by atoms with Gasteiger partial charge >= 0.3 is 11.9 Å². The Morgan fingerprint density at radius 2 is 0.930 bits per heavy atom. The normalized spacial score (nSPS) is 15.4. The van der Waals surface area contributed by atoms with E-state index in [9.17, 15) is 9.59 Å². The third kappa shape index (κ3) is 30.5. The monoisotopic (exact) mass is 808 g/mol. The lowest BCUT2D eigenvalue weighted by atomic mass is 9.93. The number of ether oxygens (including phenoxy) is 4. The molecule has 1 rings (SSSR count). The zero-order valence-corrected chi connectivity index (χ0v) is 39.0. The van der Waals surface area contributed by atoms with Crippen molar-refractivity contribution < 1.29 is 28.5 Å². The molecule has 7 heteroatoms. The van der Waals surface area contributed by atoms with Crippen LogP contribution in [-0.2, 0) is 28.5 Å². The number of unbranched alkanes of at least 4 members (excludes halogenated alkanes) is 18. The highest BCUT2D eigenvalue weighted by Crippen LogP contribution is 2.36. The molecule has 0 N–H and O–H groups in total. The van der Waals surface area contributed by atoms with Gasteiger partial charge in [0.05, 0.1) is 25.9 Å². The van der Waals surface area contributed by atoms with Gasteiger partial charge < -0.3 is 23.8 Å². The highest BCUT2D eigenvalue weighted by Gasteiger charge is 2.40. The molecular formula is C50H97NO6. The Bertz CT molecular complexity index is 841. The zero-order chi connectivity index (χ0) is 41.7. The number of nitrogens with zero attached hydrogens (tertiary/aromatic N) is 1. The van der Waals surface area contributed by atoms with Crippen LogP contribution in [0, 0.1) is 11.8 Å². The van der Waals surface area contributed by atoms with Crippen LogP contribution in [0.2, 0.25) is 0 Å². The van der Waals surface area contributed by atoms with E-state index in [0.29, 0.717) is 37.9 Å². The minimum absolute atomic E-state index is 0.0163. The summed E-state index contributed by atoms with van der Waals surface area (Å²) in [7, 11) is 2.19. The summed E-state index contributed by atoms with van der Waals surface area (Å²) in [6.07, 6.45) is 38.0. The molecule has 0 aromatic rings. The van der Waals surface area contributed by atoms with Crippen molar-refractivity contribution in [2.24, 2.45) is 11.8 Å². The second-order valence-electron chi connectivity index (χ2n) is 18.0. The van der Waals surface area contributed by atoms with Crippen LogP contribution in [0.15, 0.2) is 0 Å². The van der Waals surface area contributed by atoms with Gasteiger partial charge in [-0.3, -0.25) is 9.59 Å². The van der Waals surface area contributed by atoms with Gasteiger partial charge in [-0.2, -0.15) is 0 Å². The number of hydrogen-bond donors (Lipinski definition) is 0. The third-order valence-corrected chi connectivity index (χ3v) is 12.5. The predicted octanol–water partition coefficient (Wildman–Crippen LogP) is 14.3. The van der Waals surface area contributed by atoms with Crippen LogP contribution in [0.25, 0.3) is 0 Å². The smallest absolute Gasteiger partial charge is 0.306 e. The van der Waals surface area contributed by atoms with Crippen LogP contribution >= 0.6 is 0 Å². The molecule has 0 aromatic heterocycles. The van der Waals surface area contributed by atoms with Crippen molar-refractivity contribution >= 4 is 11.9 Å². The molecule has 0 aliphatic carbocycles. The van der Waals surface area contributed by atoms with E-state index in [0.717, 1.165) is 90.3 Å². The lowest BCUT2D eigenvalue weighted by Crippen LogP contribution is -2.32. The molecule has 0 bridgehead atoms. The van der Waals surface area contributed by atoms with Gasteiger partial charge in [-0.15, -0.1) is 0 Å². The summed E-state index contributed by atoms with van der Waals surface area (Å²) in [5.74, 6) is 0.655. The van der Waals surface area contributed by atoms with Gasteiger partial charge in [0.2, 0.25) is 0 Å². The Labute approximate surface area is 354 Å². The Balaban J connectivity index is 2.23. The number of hydrogen-bond acceptors (Lipinski definition) is 7. The average molecular weight is 808 g/mol. The molecule has 1 unspecified atom stereocenters. The van der Waals surface area contributed by atoms with E-state index in [1.165, 1.54) is 128 Å². The molecule has 0 amide bonds. The summed E-state index contributed by atoms with van der Waals surface area (Å²) in [6.45, 7) is 15.2. The lowest BCUT2D eigenvalue weighted by Gasteiger charge is -2.29. The van der Waals surface area contributed by atoms with Gasteiger partial charge in [0.1, 0.15) is 0 Å². The molecule has 1 saturated heterocycles. The quantitative estimate of drug-likeness (QED) is 0.0449. The van der Waals surface area contributed by atoms with Crippen LogP contribution in [0.5, 0.6) is 0 Å². The molecule has 1 heterocycles. The standard InChI is InChI=1S/C50H97NO6/c1-7-12-32-45(33-13-8-2)42-48(52)54-40-30-26-22-18-16-20-24-28-37-50(56-44-47(57-50)36-39-51(6)11-5)38-29-25-21-17-19-23-27-31-41-55-49(53)43-46(34-14-9-3)35-15-10-4/h45-47H,7-44H2,1-6H3. The second kappa shape index (κ2) is 37.8. The first kappa shape index (κ1) is 53.8. The summed E-state index contributed by atoms with van der Waals surface area (Å²) in [6, 6.07) is 0. The molecule has 338 valence electrons. The molecule has 1 fully saturated rings. The van der Waals surface area contributed by atoms with Crippen molar-refractivity contribution in [2.45, 2.75) is 258 Å². The van der Waals surface area contributed by atoms with Crippen molar-refractivity contribution in [3.05, 3.63) is 0 Å². The number of carbonyl (C=O) groups excluding carboxylic acids is 2. The maximum Gasteiger partial charge on any atom is 0.306 e. The van der Waals surface area contributed by atoms with Crippen LogP contribution < -0.4 is 0 Å². The average Bonchev–Trinajstić information content (AvgIpc) is 3.62. The summed E-state index contributed by atoms with van der Waals surface area (Å²) in [5, 5.41) is 0. The minimum atomic E-state index is -0.387. The fourth-order valence-electron chi connectivity index (χ4n) is 8.41. The first-order valence-corrected chi connectivity index (χ1v) is 25.1. The van der Waals surface area contributed by atoms with Gasteiger partial charge in [-0.25, -0.2) is 0 Å². The zero-order valence-electron chi connectivity index (χ0n) is 39.0. The predicted molar refractivity (Wildman–Crippen MR) is 241 cm³/mol. The molecule has 1 atom stereocenters. The van der Waals surface area contributed by atoms with Crippen molar-refractivity contribution in [1.29, 1.82) is 0 Å². The highest BCUT2D eigenvalue weighted by molar-refractivity contribution is 5.70. The van der Waals surface area contributed by atoms with Gasteiger partial charge in [0.15, 0.2) is 5.79 Å². The number of esters is 2. The van der Waals surface area contributed by atoms with E-state index in [-0.39, 0.29) is 23.8 Å². The first-order chi connectivity index (χ1) is 27.8. The van der Waals surface area contributed by atoms with Gasteiger partial charge in [0, 0.05) is 32.2 Å². The second-order valence-corrected chi connectivity index (χ2v) is 18.0. The van der Waals surface area contributed by atoms with Crippen molar-refractivity contribution in [3.63, 3.8) is 0 Å². The summed E-state index contributed by atoms with van der Waals surface area (Å²) >= 11 is 0. The fraction of sp³-hybridized carbons (Fsp3) is 0.960. The maximum atomic E-state index is 12.4. The first-order valence-electron chi connectivity index (χ1n) is 25.1.